The van der Waals surface area contributed by atoms with E-state index in [0.29, 0.717) is 74.7 Å². The van der Waals surface area contributed by atoms with E-state index in [9.17, 15) is 0 Å². The highest BCUT2D eigenvalue weighted by Crippen LogP contribution is 2.39. The Morgan fingerprint density at radius 1 is 1.24 bits per heavy atom. The van der Waals surface area contributed by atoms with Gasteiger partial charge >= 0.3 is 0 Å². The van der Waals surface area contributed by atoms with Crippen LogP contribution in [0.25, 0.3) is 27.4 Å². The first-order valence-corrected chi connectivity index (χ1v) is 12.6. The highest BCUT2D eigenvalue weighted by Gasteiger charge is 2.37. The number of alkyl halides is 1. The highest BCUT2D eigenvalue weighted by atomic mass is 35.5. The molecular weight excluding hydrogens is 503 g/mol. The first kappa shape index (κ1) is 21.8. The molecule has 1 fully saturated rings. The number of thiazole rings is 1. The van der Waals surface area contributed by atoms with E-state index >= 15 is 4.39 Å². The maximum absolute atomic E-state index is 15.2. The molecule has 0 saturated carbocycles. The summed E-state index contributed by atoms with van der Waals surface area (Å²) >= 11 is 8.96. The third-order valence-corrected chi connectivity index (χ3v) is 7.78. The van der Waals surface area contributed by atoms with E-state index < -0.39 is 5.67 Å². The van der Waals surface area contributed by atoms with Crippen molar-refractivity contribution in [3.8, 4) is 22.4 Å². The van der Waals surface area contributed by atoms with Crippen molar-refractivity contribution in [3.05, 3.63) is 45.5 Å². The van der Waals surface area contributed by atoms with E-state index in [4.69, 9.17) is 30.2 Å². The van der Waals surface area contributed by atoms with Crippen molar-refractivity contribution < 1.29 is 23.0 Å². The molecule has 1 aromatic carbocycles. The highest BCUT2D eigenvalue weighted by molar-refractivity contribution is 7.18. The lowest BCUT2D eigenvalue weighted by Crippen LogP contribution is -2.29. The Kier molecular flexibility index (Phi) is 5.44. The van der Waals surface area contributed by atoms with Gasteiger partial charge in [-0.3, -0.25) is 0 Å². The summed E-state index contributed by atoms with van der Waals surface area (Å²) in [6.45, 7) is 0.996. The number of furan rings is 1. The van der Waals surface area contributed by atoms with E-state index in [2.05, 4.69) is 15.1 Å². The molecule has 5 heterocycles. The number of hydrogen-bond acceptors (Lipinski definition) is 9. The molecule has 4 aromatic heterocycles. The van der Waals surface area contributed by atoms with Gasteiger partial charge in [0, 0.05) is 29.3 Å². The van der Waals surface area contributed by atoms with Gasteiger partial charge in [0.1, 0.15) is 28.6 Å². The standard InChI is InChI=1S/C22H18ClFN4O4S2/c1-29-21-27-28-9-15(26-20(28)34-21)18-8-14-16(6-12(23)7-17(14)32-18)31-10-13-11-33-19(25-13)22(24)2-4-30-5-3-22/h6-9,11H,2-5,10H2,1H3. The lowest BCUT2D eigenvalue weighted by molar-refractivity contribution is -0.0117. The number of rotatable bonds is 6. The monoisotopic (exact) mass is 520 g/mol. The molecule has 0 bridgehead atoms. The van der Waals surface area contributed by atoms with Gasteiger partial charge in [-0.1, -0.05) is 11.6 Å². The Morgan fingerprint density at radius 2 is 2.09 bits per heavy atom. The second kappa shape index (κ2) is 8.49. The third kappa shape index (κ3) is 3.92. The van der Waals surface area contributed by atoms with Gasteiger partial charge in [-0.05, 0) is 23.5 Å². The molecule has 0 atom stereocenters. The van der Waals surface area contributed by atoms with Crippen molar-refractivity contribution >= 4 is 50.2 Å². The van der Waals surface area contributed by atoms with Crippen LogP contribution in [0.1, 0.15) is 23.5 Å². The summed E-state index contributed by atoms with van der Waals surface area (Å²) in [5.41, 5.74) is 0.438. The molecule has 0 spiro atoms. The van der Waals surface area contributed by atoms with E-state index in [1.165, 1.54) is 22.7 Å². The summed E-state index contributed by atoms with van der Waals surface area (Å²) in [6, 6.07) is 5.31. The lowest BCUT2D eigenvalue weighted by atomic mass is 9.97. The van der Waals surface area contributed by atoms with Crippen molar-refractivity contribution in [2.45, 2.75) is 25.1 Å². The van der Waals surface area contributed by atoms with Crippen LogP contribution in [-0.4, -0.2) is 39.9 Å². The van der Waals surface area contributed by atoms with Gasteiger partial charge in [-0.15, -0.1) is 16.4 Å². The molecule has 0 aliphatic carbocycles. The third-order valence-electron chi connectivity index (χ3n) is 5.61. The Morgan fingerprint density at radius 3 is 2.88 bits per heavy atom. The second-order valence-corrected chi connectivity index (χ2v) is 10.1. The summed E-state index contributed by atoms with van der Waals surface area (Å²) in [4.78, 5) is 9.74. The van der Waals surface area contributed by atoms with Gasteiger partial charge in [0.2, 0.25) is 4.96 Å². The topological polar surface area (TPSA) is 83.9 Å². The maximum Gasteiger partial charge on any atom is 0.294 e. The molecule has 34 heavy (non-hydrogen) atoms. The Bertz CT molecular complexity index is 1460. The number of methoxy groups -OCH3 is 1. The molecule has 12 heteroatoms. The minimum absolute atomic E-state index is 0.183. The van der Waals surface area contributed by atoms with E-state index in [0.717, 1.165) is 5.39 Å². The smallest absolute Gasteiger partial charge is 0.294 e. The normalized spacial score (nSPS) is 15.9. The van der Waals surface area contributed by atoms with Crippen molar-refractivity contribution in [1.82, 2.24) is 19.6 Å². The van der Waals surface area contributed by atoms with E-state index in [-0.39, 0.29) is 6.61 Å². The SMILES string of the molecule is COc1nn2cc(-c3cc4c(OCc5csc(C6(F)CCOCC6)n5)cc(Cl)cc4o3)nc2s1. The number of fused-ring (bicyclic) bond motifs is 2. The lowest BCUT2D eigenvalue weighted by Gasteiger charge is -2.27. The zero-order valence-electron chi connectivity index (χ0n) is 17.9. The fraction of sp³-hybridized carbons (Fsp3) is 0.318. The van der Waals surface area contributed by atoms with Crippen LogP contribution in [-0.2, 0) is 17.0 Å². The molecule has 8 nitrogen and oxygen atoms in total. The predicted molar refractivity (Wildman–Crippen MR) is 127 cm³/mol. The fourth-order valence-electron chi connectivity index (χ4n) is 3.84. The summed E-state index contributed by atoms with van der Waals surface area (Å²) in [7, 11) is 1.57. The Hall–Kier alpha value is -2.73. The second-order valence-electron chi connectivity index (χ2n) is 7.86. The van der Waals surface area contributed by atoms with Crippen LogP contribution in [0.2, 0.25) is 5.02 Å². The molecule has 6 rings (SSSR count). The molecule has 0 amide bonds. The van der Waals surface area contributed by atoms with Crippen LogP contribution >= 0.6 is 34.3 Å². The molecular formula is C22H18ClFN4O4S2. The van der Waals surface area contributed by atoms with Crippen molar-refractivity contribution in [2.24, 2.45) is 0 Å². The first-order chi connectivity index (χ1) is 16.5. The zero-order chi connectivity index (χ0) is 23.3. The fourth-order valence-corrected chi connectivity index (χ4v) is 5.69. The number of halogens is 2. The van der Waals surface area contributed by atoms with Gasteiger partial charge in [0.15, 0.2) is 11.4 Å². The average molecular weight is 521 g/mol. The number of imidazole rings is 1. The summed E-state index contributed by atoms with van der Waals surface area (Å²) in [6.07, 6.45) is 2.41. The van der Waals surface area contributed by atoms with Crippen molar-refractivity contribution in [3.63, 3.8) is 0 Å². The van der Waals surface area contributed by atoms with Crippen LogP contribution in [0, 0.1) is 0 Å². The minimum atomic E-state index is -1.43. The molecule has 0 unspecified atom stereocenters. The number of benzene rings is 1. The molecule has 5 aromatic rings. The van der Waals surface area contributed by atoms with E-state index in [1.807, 2.05) is 11.4 Å². The van der Waals surface area contributed by atoms with E-state index in [1.54, 1.807) is 30.0 Å². The minimum Gasteiger partial charge on any atom is -0.486 e. The van der Waals surface area contributed by atoms with Crippen molar-refractivity contribution in [1.29, 1.82) is 0 Å². The van der Waals surface area contributed by atoms with Crippen LogP contribution in [0.4, 0.5) is 4.39 Å². The maximum atomic E-state index is 15.2. The number of ether oxygens (including phenoxy) is 3. The summed E-state index contributed by atoms with van der Waals surface area (Å²) in [5, 5.41) is 8.35. The van der Waals surface area contributed by atoms with Gasteiger partial charge in [-0.25, -0.2) is 18.9 Å². The summed E-state index contributed by atoms with van der Waals surface area (Å²) in [5.74, 6) is 1.11. The van der Waals surface area contributed by atoms with Crippen molar-refractivity contribution in [2.75, 3.05) is 20.3 Å². The van der Waals surface area contributed by atoms with Gasteiger partial charge in [-0.2, -0.15) is 0 Å². The average Bonchev–Trinajstić information content (AvgIpc) is 3.59. The van der Waals surface area contributed by atoms with Crippen LogP contribution in [0.3, 0.4) is 0 Å². The molecule has 1 aliphatic heterocycles. The molecule has 1 aliphatic rings. The predicted octanol–water partition coefficient (Wildman–Crippen LogP) is 5.88. The number of hydrogen-bond donors (Lipinski definition) is 0. The number of aromatic nitrogens is 4. The van der Waals surface area contributed by atoms with Crippen LogP contribution in [0.5, 0.6) is 10.9 Å². The van der Waals surface area contributed by atoms with Crippen LogP contribution < -0.4 is 9.47 Å². The van der Waals surface area contributed by atoms with Gasteiger partial charge < -0.3 is 18.6 Å². The first-order valence-electron chi connectivity index (χ1n) is 10.5. The van der Waals surface area contributed by atoms with Gasteiger partial charge in [0.25, 0.3) is 5.19 Å². The quantitative estimate of drug-likeness (QED) is 0.276. The van der Waals surface area contributed by atoms with Gasteiger partial charge in [0.05, 0.1) is 37.6 Å². The largest absolute Gasteiger partial charge is 0.486 e. The number of nitrogens with zero attached hydrogens (tertiary/aromatic N) is 4. The molecule has 0 radical (unpaired) electrons. The molecule has 1 saturated heterocycles. The Labute approximate surface area is 205 Å². The zero-order valence-corrected chi connectivity index (χ0v) is 20.3. The molecule has 0 N–H and O–H groups in total. The molecule has 176 valence electrons. The summed E-state index contributed by atoms with van der Waals surface area (Å²) < 4.78 is 39.3. The Balaban J connectivity index is 1.26. The van der Waals surface area contributed by atoms with Crippen LogP contribution in [0.15, 0.2) is 34.2 Å².